The first-order valence-electron chi connectivity index (χ1n) is 16.8. The van der Waals surface area contributed by atoms with Gasteiger partial charge in [0.1, 0.15) is 17.3 Å². The van der Waals surface area contributed by atoms with E-state index in [1.165, 1.54) is 0 Å². The number of carbonyl (C=O) groups is 2. The SMILES string of the molecule is CCCC=C1OC(=O)C2=C(c3cc(O)ccc3-c3cccc(CNC)c3)[C@@H]3CC[C@]12[C@H]1C2=C(CC[C@H]31)C(=CC[C@H](C)CO)OC2=O. The van der Waals surface area contributed by atoms with Gasteiger partial charge in [-0.3, -0.25) is 0 Å². The number of phenolic OH excluding ortho intramolecular Hbond substituents is 1. The summed E-state index contributed by atoms with van der Waals surface area (Å²) in [5, 5.41) is 23.7. The largest absolute Gasteiger partial charge is 0.508 e. The van der Waals surface area contributed by atoms with E-state index in [1.807, 2.05) is 38.2 Å². The Balaban J connectivity index is 1.45. The molecule has 0 amide bonds. The number of fused-ring (bicyclic) bond motifs is 1. The minimum Gasteiger partial charge on any atom is -0.508 e. The van der Waals surface area contributed by atoms with Gasteiger partial charge in [-0.05, 0) is 122 Å². The smallest absolute Gasteiger partial charge is 0.340 e. The minimum atomic E-state index is -0.772. The van der Waals surface area contributed by atoms with Gasteiger partial charge in [0, 0.05) is 30.2 Å². The normalized spacial score (nSPS) is 28.8. The van der Waals surface area contributed by atoms with Gasteiger partial charge < -0.3 is 25.0 Å². The van der Waals surface area contributed by atoms with Crippen molar-refractivity contribution in [2.75, 3.05) is 13.7 Å². The highest BCUT2D eigenvalue weighted by atomic mass is 16.5. The lowest BCUT2D eigenvalue weighted by atomic mass is 9.44. The number of unbranched alkanes of at least 4 members (excludes halogenated alkanes) is 1. The second-order valence-corrected chi connectivity index (χ2v) is 13.7. The summed E-state index contributed by atoms with van der Waals surface area (Å²) in [6.07, 6.45) is 9.48. The van der Waals surface area contributed by atoms with Crippen molar-refractivity contribution >= 4 is 17.5 Å². The molecule has 1 spiro atoms. The summed E-state index contributed by atoms with van der Waals surface area (Å²) in [4.78, 5) is 28.0. The standard InChI is InChI=1S/C39H43NO6/c1-4-5-9-32-39-17-16-27(28-13-14-29-31(15-10-22(2)21-41)45-37(43)34(29)35(28)39)33(36(39)38(44)46-32)30-19-25(42)11-12-26(30)24-8-6-7-23(18-24)20-40-3/h6-9,11-12,15,18-19,22,27-28,35,40-42H,4-5,10,13-14,16-17,20-21H2,1-3H3/t22-,27+,28+,35+,39+/m0/s1. The monoisotopic (exact) mass is 621 g/mol. The number of phenols is 1. The Labute approximate surface area is 270 Å². The first-order valence-corrected chi connectivity index (χ1v) is 16.8. The number of ether oxygens (including phenoxy) is 2. The third-order valence-corrected chi connectivity index (χ3v) is 10.9. The molecule has 3 N–H and O–H groups in total. The summed E-state index contributed by atoms with van der Waals surface area (Å²) >= 11 is 0. The van der Waals surface area contributed by atoms with Gasteiger partial charge in [-0.15, -0.1) is 0 Å². The van der Waals surface area contributed by atoms with Crippen LogP contribution >= 0.6 is 0 Å². The molecule has 2 aromatic carbocycles. The molecule has 0 aromatic heterocycles. The van der Waals surface area contributed by atoms with E-state index in [-0.39, 0.29) is 48.0 Å². The molecule has 1 saturated heterocycles. The first-order chi connectivity index (χ1) is 22.3. The maximum atomic E-state index is 14.2. The number of cyclic esters (lactones) is 2. The Morgan fingerprint density at radius 1 is 1.04 bits per heavy atom. The molecule has 7 nitrogen and oxygen atoms in total. The first kappa shape index (κ1) is 30.7. The number of nitrogens with one attached hydrogen (secondary N) is 1. The second-order valence-electron chi connectivity index (χ2n) is 13.7. The van der Waals surface area contributed by atoms with E-state index in [4.69, 9.17) is 9.47 Å². The van der Waals surface area contributed by atoms with Crippen LogP contribution < -0.4 is 5.32 Å². The van der Waals surface area contributed by atoms with Crippen molar-refractivity contribution in [3.8, 4) is 16.9 Å². The molecule has 2 bridgehead atoms. The molecule has 5 atom stereocenters. The number of hydrogen-bond acceptors (Lipinski definition) is 7. The number of aliphatic hydroxyl groups is 1. The summed E-state index contributed by atoms with van der Waals surface area (Å²) in [5.41, 5.74) is 6.50. The fourth-order valence-electron chi connectivity index (χ4n) is 8.97. The summed E-state index contributed by atoms with van der Waals surface area (Å²) in [6.45, 7) is 4.87. The van der Waals surface area contributed by atoms with Crippen molar-refractivity contribution in [3.05, 3.63) is 94.0 Å². The van der Waals surface area contributed by atoms with Crippen LogP contribution in [0.25, 0.3) is 16.7 Å². The zero-order valence-corrected chi connectivity index (χ0v) is 26.9. The second kappa shape index (κ2) is 12.0. The van der Waals surface area contributed by atoms with E-state index in [0.29, 0.717) is 29.1 Å². The van der Waals surface area contributed by atoms with Gasteiger partial charge >= 0.3 is 11.9 Å². The van der Waals surface area contributed by atoms with Crippen molar-refractivity contribution in [2.24, 2.45) is 29.1 Å². The lowest BCUT2D eigenvalue weighted by Crippen LogP contribution is -2.52. The van der Waals surface area contributed by atoms with Crippen LogP contribution in [-0.2, 0) is 25.6 Å². The van der Waals surface area contributed by atoms with Gasteiger partial charge in [0.25, 0.3) is 0 Å². The fraction of sp³-hybridized carbons (Fsp3) is 0.436. The molecule has 2 heterocycles. The van der Waals surface area contributed by atoms with Gasteiger partial charge in [0.05, 0.1) is 11.0 Å². The molecule has 1 saturated carbocycles. The predicted molar refractivity (Wildman–Crippen MR) is 176 cm³/mol. The minimum absolute atomic E-state index is 0.0188. The summed E-state index contributed by atoms with van der Waals surface area (Å²) in [5.74, 6) is 0.747. The van der Waals surface area contributed by atoms with E-state index in [9.17, 15) is 19.8 Å². The van der Waals surface area contributed by atoms with Crippen LogP contribution in [0.2, 0.25) is 0 Å². The third-order valence-electron chi connectivity index (χ3n) is 10.9. The van der Waals surface area contributed by atoms with Crippen molar-refractivity contribution in [2.45, 2.75) is 65.3 Å². The Morgan fingerprint density at radius 2 is 1.89 bits per heavy atom. The Hall–Kier alpha value is -3.94. The maximum Gasteiger partial charge on any atom is 0.340 e. The molecule has 6 aliphatic rings. The molecule has 2 fully saturated rings. The van der Waals surface area contributed by atoms with E-state index in [2.05, 4.69) is 36.5 Å². The average Bonchev–Trinajstić information content (AvgIpc) is 3.55. The number of aromatic hydroxyl groups is 1. The molecule has 240 valence electrons. The Kier molecular flexibility index (Phi) is 8.02. The maximum absolute atomic E-state index is 14.2. The van der Waals surface area contributed by atoms with Crippen molar-refractivity contribution in [1.29, 1.82) is 0 Å². The number of rotatable bonds is 9. The van der Waals surface area contributed by atoms with Gasteiger partial charge in [0.15, 0.2) is 0 Å². The van der Waals surface area contributed by atoms with Crippen molar-refractivity contribution in [3.63, 3.8) is 0 Å². The number of benzene rings is 2. The zero-order valence-electron chi connectivity index (χ0n) is 26.9. The van der Waals surface area contributed by atoms with Crippen LogP contribution in [0.15, 0.2) is 82.9 Å². The van der Waals surface area contributed by atoms with Crippen LogP contribution in [-0.4, -0.2) is 35.8 Å². The van der Waals surface area contributed by atoms with Crippen LogP contribution in [0.5, 0.6) is 5.75 Å². The molecule has 0 radical (unpaired) electrons. The van der Waals surface area contributed by atoms with Crippen LogP contribution in [0.3, 0.4) is 0 Å². The number of allylic oxidation sites excluding steroid dienone is 5. The molecular formula is C39H43NO6. The van der Waals surface area contributed by atoms with E-state index < -0.39 is 5.41 Å². The molecule has 8 rings (SSSR count). The van der Waals surface area contributed by atoms with Gasteiger partial charge in [-0.2, -0.15) is 0 Å². The van der Waals surface area contributed by atoms with Crippen molar-refractivity contribution < 1.29 is 29.3 Å². The third kappa shape index (κ3) is 4.70. The molecule has 2 aliphatic heterocycles. The van der Waals surface area contributed by atoms with Crippen molar-refractivity contribution in [1.82, 2.24) is 5.32 Å². The summed E-state index contributed by atoms with van der Waals surface area (Å²) in [7, 11) is 1.93. The van der Waals surface area contributed by atoms with E-state index >= 15 is 0 Å². The highest BCUT2D eigenvalue weighted by Gasteiger charge is 2.68. The Bertz CT molecular complexity index is 1730. The average molecular weight is 622 g/mol. The molecule has 0 unspecified atom stereocenters. The summed E-state index contributed by atoms with van der Waals surface area (Å²) in [6, 6.07) is 13.9. The van der Waals surface area contributed by atoms with Crippen LogP contribution in [0.4, 0.5) is 0 Å². The lowest BCUT2D eigenvalue weighted by Gasteiger charge is -2.56. The number of carbonyl (C=O) groups excluding carboxylic acids is 2. The predicted octanol–water partition coefficient (Wildman–Crippen LogP) is 6.97. The highest BCUT2D eigenvalue weighted by molar-refractivity contribution is 6.07. The quantitative estimate of drug-likeness (QED) is 0.260. The van der Waals surface area contributed by atoms with Gasteiger partial charge in [-0.25, -0.2) is 9.59 Å². The van der Waals surface area contributed by atoms with Gasteiger partial charge in [-0.1, -0.05) is 44.5 Å². The van der Waals surface area contributed by atoms with Crippen LogP contribution in [0, 0.1) is 29.1 Å². The molecule has 2 aromatic rings. The molecule has 7 heteroatoms. The highest BCUT2D eigenvalue weighted by Crippen LogP contribution is 2.72. The number of aliphatic hydroxyl groups excluding tert-OH is 1. The molecular weight excluding hydrogens is 578 g/mol. The lowest BCUT2D eigenvalue weighted by molar-refractivity contribution is -0.135. The Morgan fingerprint density at radius 3 is 2.67 bits per heavy atom. The zero-order chi connectivity index (χ0) is 32.2. The fourth-order valence-corrected chi connectivity index (χ4v) is 8.97. The number of esters is 2. The molecule has 4 aliphatic carbocycles. The van der Waals surface area contributed by atoms with E-state index in [0.717, 1.165) is 78.5 Å². The molecule has 46 heavy (non-hydrogen) atoms. The number of hydrogen-bond donors (Lipinski definition) is 3. The van der Waals surface area contributed by atoms with Crippen LogP contribution in [0.1, 0.15) is 69.9 Å². The van der Waals surface area contributed by atoms with E-state index in [1.54, 1.807) is 6.07 Å². The summed E-state index contributed by atoms with van der Waals surface area (Å²) < 4.78 is 12.2. The topological polar surface area (TPSA) is 105 Å². The van der Waals surface area contributed by atoms with Gasteiger partial charge in [0.2, 0.25) is 0 Å².